The minimum Gasteiger partial charge on any atom is -0.480 e. The second-order valence-electron chi connectivity index (χ2n) is 6.77. The number of rotatable bonds is 6. The molecule has 0 amide bonds. The Kier molecular flexibility index (Phi) is 6.02. The highest BCUT2D eigenvalue weighted by Crippen LogP contribution is 2.27. The molecule has 0 saturated carbocycles. The Hall–Kier alpha value is -0.650. The largest absolute Gasteiger partial charge is 0.480 e. The minimum atomic E-state index is -0.644. The molecule has 0 bridgehead atoms. The molecule has 2 aliphatic heterocycles. The number of carboxylic acids is 1. The maximum Gasteiger partial charge on any atom is 0.320 e. The molecule has 0 aromatic carbocycles. The van der Waals surface area contributed by atoms with Gasteiger partial charge in [0, 0.05) is 32.3 Å². The van der Waals surface area contributed by atoms with Crippen molar-refractivity contribution < 1.29 is 14.6 Å². The molecule has 0 aromatic heterocycles. The molecule has 5 nitrogen and oxygen atoms in total. The Bertz CT molecular complexity index is 340. The number of hydrogen-bond acceptors (Lipinski definition) is 4. The van der Waals surface area contributed by atoms with Crippen molar-refractivity contribution in [3.8, 4) is 0 Å². The average Bonchev–Trinajstić information content (AvgIpc) is 2.94. The summed E-state index contributed by atoms with van der Waals surface area (Å²) in [6, 6.07) is 0.673. The first-order valence-corrected chi connectivity index (χ1v) is 8.26. The first-order chi connectivity index (χ1) is 10.0. The lowest BCUT2D eigenvalue weighted by molar-refractivity contribution is -0.143. The van der Waals surface area contributed by atoms with Gasteiger partial charge in [-0.1, -0.05) is 13.8 Å². The summed E-state index contributed by atoms with van der Waals surface area (Å²) < 4.78 is 5.36. The number of ether oxygens (including phenoxy) is 1. The normalized spacial score (nSPS) is 27.3. The van der Waals surface area contributed by atoms with Crippen molar-refractivity contribution in [2.24, 2.45) is 5.92 Å². The molecule has 0 spiro atoms. The van der Waals surface area contributed by atoms with Crippen molar-refractivity contribution in [1.82, 2.24) is 9.80 Å². The molecule has 21 heavy (non-hydrogen) atoms. The van der Waals surface area contributed by atoms with Crippen LogP contribution >= 0.6 is 0 Å². The van der Waals surface area contributed by atoms with Crippen molar-refractivity contribution >= 4 is 5.97 Å². The summed E-state index contributed by atoms with van der Waals surface area (Å²) in [5.41, 5.74) is 0. The Morgan fingerprint density at radius 2 is 1.90 bits per heavy atom. The summed E-state index contributed by atoms with van der Waals surface area (Å²) in [5.74, 6) is -0.0607. The third kappa shape index (κ3) is 3.96. The van der Waals surface area contributed by atoms with Gasteiger partial charge in [0.15, 0.2) is 0 Å². The summed E-state index contributed by atoms with van der Waals surface area (Å²) in [7, 11) is 1.77. The van der Waals surface area contributed by atoms with E-state index in [1.807, 2.05) is 0 Å². The SMILES string of the molecule is COCC(C(C)C)N1CCC(N2CCCC2C(=O)O)CC1. The highest BCUT2D eigenvalue weighted by molar-refractivity contribution is 5.73. The van der Waals surface area contributed by atoms with Crippen LogP contribution in [0.4, 0.5) is 0 Å². The molecular formula is C16H30N2O3. The van der Waals surface area contributed by atoms with Crippen LogP contribution in [0.15, 0.2) is 0 Å². The number of piperidine rings is 1. The van der Waals surface area contributed by atoms with Crippen molar-refractivity contribution in [3.05, 3.63) is 0 Å². The fourth-order valence-electron chi connectivity index (χ4n) is 3.93. The second-order valence-corrected chi connectivity index (χ2v) is 6.77. The summed E-state index contributed by atoms with van der Waals surface area (Å²) in [4.78, 5) is 16.1. The van der Waals surface area contributed by atoms with Crippen LogP contribution in [0.3, 0.4) is 0 Å². The van der Waals surface area contributed by atoms with E-state index in [-0.39, 0.29) is 6.04 Å². The molecule has 2 heterocycles. The Labute approximate surface area is 128 Å². The van der Waals surface area contributed by atoms with E-state index in [1.165, 1.54) is 0 Å². The zero-order valence-corrected chi connectivity index (χ0v) is 13.6. The van der Waals surface area contributed by atoms with Gasteiger partial charge in [-0.25, -0.2) is 0 Å². The van der Waals surface area contributed by atoms with Crippen LogP contribution in [0.5, 0.6) is 0 Å². The summed E-state index contributed by atoms with van der Waals surface area (Å²) in [5, 5.41) is 9.33. The number of carboxylic acid groups (broad SMARTS) is 1. The third-order valence-electron chi connectivity index (χ3n) is 5.12. The Morgan fingerprint density at radius 3 is 2.43 bits per heavy atom. The number of nitrogens with zero attached hydrogens (tertiary/aromatic N) is 2. The van der Waals surface area contributed by atoms with Gasteiger partial charge in [-0.2, -0.15) is 0 Å². The molecule has 1 N–H and O–H groups in total. The van der Waals surface area contributed by atoms with Gasteiger partial charge in [0.1, 0.15) is 6.04 Å². The standard InChI is InChI=1S/C16H30N2O3/c1-12(2)15(11-21-3)17-9-6-13(7-10-17)18-8-4-5-14(18)16(19)20/h12-15H,4-11H2,1-3H3,(H,19,20). The van der Waals surface area contributed by atoms with Crippen LogP contribution in [-0.4, -0.2) is 72.4 Å². The lowest BCUT2D eigenvalue weighted by Gasteiger charge is -2.42. The van der Waals surface area contributed by atoms with Gasteiger partial charge in [-0.3, -0.25) is 14.6 Å². The lowest BCUT2D eigenvalue weighted by atomic mass is 9.96. The van der Waals surface area contributed by atoms with Gasteiger partial charge in [-0.05, 0) is 38.1 Å². The predicted octanol–water partition coefficient (Wildman–Crippen LogP) is 1.67. The summed E-state index contributed by atoms with van der Waals surface area (Å²) in [6.45, 7) is 8.34. The van der Waals surface area contributed by atoms with Crippen LogP contribution in [0.2, 0.25) is 0 Å². The van der Waals surface area contributed by atoms with Crippen molar-refractivity contribution in [3.63, 3.8) is 0 Å². The molecule has 0 aliphatic carbocycles. The maximum absolute atomic E-state index is 11.3. The van der Waals surface area contributed by atoms with E-state index < -0.39 is 5.97 Å². The molecule has 2 fully saturated rings. The van der Waals surface area contributed by atoms with E-state index >= 15 is 0 Å². The van der Waals surface area contributed by atoms with Gasteiger partial charge in [-0.15, -0.1) is 0 Å². The quantitative estimate of drug-likeness (QED) is 0.808. The zero-order chi connectivity index (χ0) is 15.4. The molecular weight excluding hydrogens is 268 g/mol. The highest BCUT2D eigenvalue weighted by Gasteiger charge is 2.37. The van der Waals surface area contributed by atoms with Crippen molar-refractivity contribution in [2.45, 2.75) is 57.7 Å². The van der Waals surface area contributed by atoms with Gasteiger partial charge >= 0.3 is 5.97 Å². The van der Waals surface area contributed by atoms with E-state index in [4.69, 9.17) is 4.74 Å². The molecule has 122 valence electrons. The summed E-state index contributed by atoms with van der Waals surface area (Å²) >= 11 is 0. The minimum absolute atomic E-state index is 0.249. The number of aliphatic carboxylic acids is 1. The van der Waals surface area contributed by atoms with Crippen molar-refractivity contribution in [2.75, 3.05) is 33.4 Å². The molecule has 2 unspecified atom stereocenters. The van der Waals surface area contributed by atoms with Crippen LogP contribution in [0.25, 0.3) is 0 Å². The van der Waals surface area contributed by atoms with E-state index in [0.29, 0.717) is 18.0 Å². The molecule has 2 atom stereocenters. The number of hydrogen-bond donors (Lipinski definition) is 1. The monoisotopic (exact) mass is 298 g/mol. The Morgan fingerprint density at radius 1 is 1.24 bits per heavy atom. The second kappa shape index (κ2) is 7.56. The molecule has 2 saturated heterocycles. The van der Waals surface area contributed by atoms with Crippen LogP contribution in [0, 0.1) is 5.92 Å². The number of carbonyl (C=O) groups is 1. The molecule has 0 radical (unpaired) electrons. The van der Waals surface area contributed by atoms with Crippen LogP contribution in [-0.2, 0) is 9.53 Å². The zero-order valence-electron chi connectivity index (χ0n) is 13.6. The number of likely N-dealkylation sites (tertiary alicyclic amines) is 2. The fraction of sp³-hybridized carbons (Fsp3) is 0.938. The first-order valence-electron chi connectivity index (χ1n) is 8.26. The maximum atomic E-state index is 11.3. The third-order valence-corrected chi connectivity index (χ3v) is 5.12. The average molecular weight is 298 g/mol. The van der Waals surface area contributed by atoms with Crippen molar-refractivity contribution in [1.29, 1.82) is 0 Å². The Balaban J connectivity index is 1.89. The van der Waals surface area contributed by atoms with Crippen LogP contribution in [0.1, 0.15) is 39.5 Å². The summed E-state index contributed by atoms with van der Waals surface area (Å²) in [6.07, 6.45) is 4.00. The topological polar surface area (TPSA) is 53.0 Å². The molecule has 2 rings (SSSR count). The highest BCUT2D eigenvalue weighted by atomic mass is 16.5. The predicted molar refractivity (Wildman–Crippen MR) is 82.5 cm³/mol. The smallest absolute Gasteiger partial charge is 0.320 e. The van der Waals surface area contributed by atoms with Gasteiger partial charge < -0.3 is 9.84 Å². The fourth-order valence-corrected chi connectivity index (χ4v) is 3.93. The van der Waals surface area contributed by atoms with E-state index in [1.54, 1.807) is 7.11 Å². The lowest BCUT2D eigenvalue weighted by Crippen LogP contribution is -2.52. The molecule has 2 aliphatic rings. The van der Waals surface area contributed by atoms with E-state index in [9.17, 15) is 9.90 Å². The van der Waals surface area contributed by atoms with Crippen LogP contribution < -0.4 is 0 Å². The van der Waals surface area contributed by atoms with E-state index in [0.717, 1.165) is 51.9 Å². The molecule has 5 heteroatoms. The first kappa shape index (κ1) is 16.7. The van der Waals surface area contributed by atoms with Gasteiger partial charge in [0.05, 0.1) is 6.61 Å². The van der Waals surface area contributed by atoms with Gasteiger partial charge in [0.2, 0.25) is 0 Å². The number of methoxy groups -OCH3 is 1. The van der Waals surface area contributed by atoms with Gasteiger partial charge in [0.25, 0.3) is 0 Å². The molecule has 0 aromatic rings. The van der Waals surface area contributed by atoms with E-state index in [2.05, 4.69) is 23.6 Å².